The van der Waals surface area contributed by atoms with Crippen molar-refractivity contribution in [2.75, 3.05) is 38.5 Å². The molecule has 2 heterocycles. The molecule has 0 bridgehead atoms. The average molecular weight is 347 g/mol. The van der Waals surface area contributed by atoms with Crippen molar-refractivity contribution in [3.05, 3.63) is 24.4 Å². The van der Waals surface area contributed by atoms with E-state index in [1.165, 1.54) is 0 Å². The van der Waals surface area contributed by atoms with E-state index >= 15 is 0 Å². The summed E-state index contributed by atoms with van der Waals surface area (Å²) in [5.74, 6) is 1.90. The Morgan fingerprint density at radius 2 is 2.12 bits per heavy atom. The number of guanidine groups is 1. The van der Waals surface area contributed by atoms with E-state index in [0.717, 1.165) is 38.0 Å². The SMILES string of the molecule is CN1CCN=C1NCCNc1ccccn1.I. The molecule has 17 heavy (non-hydrogen) atoms. The van der Waals surface area contributed by atoms with Crippen LogP contribution >= 0.6 is 24.0 Å². The highest BCUT2D eigenvalue weighted by molar-refractivity contribution is 14.0. The number of nitrogens with zero attached hydrogens (tertiary/aromatic N) is 3. The molecule has 0 fully saturated rings. The highest BCUT2D eigenvalue weighted by Gasteiger charge is 2.10. The molecule has 5 nitrogen and oxygen atoms in total. The fourth-order valence-corrected chi connectivity index (χ4v) is 1.56. The van der Waals surface area contributed by atoms with Gasteiger partial charge in [-0.3, -0.25) is 4.99 Å². The van der Waals surface area contributed by atoms with Crippen LogP contribution in [-0.4, -0.2) is 49.1 Å². The molecule has 0 aromatic carbocycles. The molecule has 94 valence electrons. The van der Waals surface area contributed by atoms with Crippen LogP contribution < -0.4 is 10.6 Å². The van der Waals surface area contributed by atoms with Crippen LogP contribution in [0.3, 0.4) is 0 Å². The maximum absolute atomic E-state index is 4.35. The molecule has 0 spiro atoms. The number of hydrogen-bond donors (Lipinski definition) is 2. The van der Waals surface area contributed by atoms with Gasteiger partial charge in [-0.2, -0.15) is 0 Å². The third-order valence-corrected chi connectivity index (χ3v) is 2.44. The van der Waals surface area contributed by atoms with Crippen molar-refractivity contribution in [1.29, 1.82) is 0 Å². The van der Waals surface area contributed by atoms with Gasteiger partial charge in [-0.1, -0.05) is 6.07 Å². The Morgan fingerprint density at radius 1 is 1.29 bits per heavy atom. The first kappa shape index (κ1) is 14.0. The highest BCUT2D eigenvalue weighted by atomic mass is 127. The Balaban J connectivity index is 0.00000144. The Kier molecular flexibility index (Phi) is 6.03. The van der Waals surface area contributed by atoms with Gasteiger partial charge in [0.15, 0.2) is 5.96 Å². The second-order valence-electron chi connectivity index (χ2n) is 3.70. The molecule has 0 saturated heterocycles. The first-order valence-electron chi connectivity index (χ1n) is 5.50. The topological polar surface area (TPSA) is 52.5 Å². The molecule has 0 saturated carbocycles. The quantitative estimate of drug-likeness (QED) is 0.631. The molecule has 0 atom stereocenters. The molecule has 0 amide bonds. The predicted molar refractivity (Wildman–Crippen MR) is 81.1 cm³/mol. The lowest BCUT2D eigenvalue weighted by atomic mass is 10.4. The lowest BCUT2D eigenvalue weighted by Crippen LogP contribution is -2.37. The van der Waals surface area contributed by atoms with Gasteiger partial charge in [-0.25, -0.2) is 4.98 Å². The number of hydrogen-bond acceptors (Lipinski definition) is 5. The van der Waals surface area contributed by atoms with E-state index < -0.39 is 0 Å². The number of likely N-dealkylation sites (N-methyl/N-ethyl adjacent to an activating group) is 1. The molecule has 6 heteroatoms. The van der Waals surface area contributed by atoms with Gasteiger partial charge in [0.25, 0.3) is 0 Å². The number of nitrogens with one attached hydrogen (secondary N) is 2. The van der Waals surface area contributed by atoms with E-state index in [-0.39, 0.29) is 24.0 Å². The summed E-state index contributed by atoms with van der Waals surface area (Å²) in [4.78, 5) is 10.7. The number of aromatic nitrogens is 1. The van der Waals surface area contributed by atoms with Crippen LogP contribution in [0.1, 0.15) is 0 Å². The summed E-state index contributed by atoms with van der Waals surface area (Å²) in [7, 11) is 2.05. The number of rotatable bonds is 4. The van der Waals surface area contributed by atoms with Gasteiger partial charge >= 0.3 is 0 Å². The minimum atomic E-state index is 0. The van der Waals surface area contributed by atoms with Gasteiger partial charge in [0.1, 0.15) is 5.82 Å². The Labute approximate surface area is 119 Å². The standard InChI is InChI=1S/C11H17N5.HI/c1-16-9-8-15-11(16)14-7-6-13-10-4-2-3-5-12-10;/h2-5H,6-9H2,1H3,(H,12,13)(H,14,15);1H. The molecule has 0 aliphatic carbocycles. The zero-order valence-electron chi connectivity index (χ0n) is 9.89. The van der Waals surface area contributed by atoms with E-state index in [1.54, 1.807) is 6.20 Å². The van der Waals surface area contributed by atoms with Crippen LogP contribution in [-0.2, 0) is 0 Å². The van der Waals surface area contributed by atoms with Gasteiger partial charge in [-0.15, -0.1) is 24.0 Å². The van der Waals surface area contributed by atoms with Crippen molar-refractivity contribution in [2.45, 2.75) is 0 Å². The monoisotopic (exact) mass is 347 g/mol. The fourth-order valence-electron chi connectivity index (χ4n) is 1.56. The summed E-state index contributed by atoms with van der Waals surface area (Å²) in [6.07, 6.45) is 1.78. The van der Waals surface area contributed by atoms with Gasteiger partial charge in [0.2, 0.25) is 0 Å². The largest absolute Gasteiger partial charge is 0.368 e. The molecule has 1 aromatic heterocycles. The van der Waals surface area contributed by atoms with Crippen molar-refractivity contribution in [3.8, 4) is 0 Å². The zero-order valence-corrected chi connectivity index (χ0v) is 12.2. The molecule has 0 unspecified atom stereocenters. The van der Waals surface area contributed by atoms with Crippen LogP contribution in [0.2, 0.25) is 0 Å². The first-order chi connectivity index (χ1) is 7.86. The third-order valence-electron chi connectivity index (χ3n) is 2.44. The summed E-state index contributed by atoms with van der Waals surface area (Å²) >= 11 is 0. The molecule has 0 radical (unpaired) electrons. The smallest absolute Gasteiger partial charge is 0.193 e. The summed E-state index contributed by atoms with van der Waals surface area (Å²) in [6, 6.07) is 5.84. The minimum absolute atomic E-state index is 0. The molecular formula is C11H18IN5. The molecule has 1 aromatic rings. The maximum Gasteiger partial charge on any atom is 0.193 e. The normalized spacial score (nSPS) is 13.9. The van der Waals surface area contributed by atoms with E-state index in [1.807, 2.05) is 25.2 Å². The number of anilines is 1. The summed E-state index contributed by atoms with van der Waals surface area (Å²) in [5, 5.41) is 6.52. The first-order valence-corrected chi connectivity index (χ1v) is 5.50. The van der Waals surface area contributed by atoms with Crippen molar-refractivity contribution in [2.24, 2.45) is 4.99 Å². The third kappa shape index (κ3) is 4.37. The summed E-state index contributed by atoms with van der Waals surface area (Å²) in [5.41, 5.74) is 0. The summed E-state index contributed by atoms with van der Waals surface area (Å²) in [6.45, 7) is 3.59. The molecule has 2 rings (SSSR count). The van der Waals surface area contributed by atoms with Gasteiger partial charge in [0, 0.05) is 32.9 Å². The van der Waals surface area contributed by atoms with Crippen LogP contribution in [0.15, 0.2) is 29.4 Å². The predicted octanol–water partition coefficient (Wildman–Crippen LogP) is 1.00. The van der Waals surface area contributed by atoms with Gasteiger partial charge in [-0.05, 0) is 12.1 Å². The zero-order chi connectivity index (χ0) is 11.2. The van der Waals surface area contributed by atoms with Gasteiger partial charge in [0.05, 0.1) is 6.54 Å². The highest BCUT2D eigenvalue weighted by Crippen LogP contribution is 1.98. The minimum Gasteiger partial charge on any atom is -0.368 e. The van der Waals surface area contributed by atoms with Crippen LogP contribution in [0, 0.1) is 0 Å². The number of pyridine rings is 1. The Bertz CT molecular complexity index is 354. The Hall–Kier alpha value is -1.05. The molecular weight excluding hydrogens is 329 g/mol. The van der Waals surface area contributed by atoms with Crippen LogP contribution in [0.25, 0.3) is 0 Å². The van der Waals surface area contributed by atoms with Crippen molar-refractivity contribution < 1.29 is 0 Å². The second-order valence-corrected chi connectivity index (χ2v) is 3.70. The molecule has 1 aliphatic heterocycles. The van der Waals surface area contributed by atoms with E-state index in [4.69, 9.17) is 0 Å². The fraction of sp³-hybridized carbons (Fsp3) is 0.455. The van der Waals surface area contributed by atoms with Crippen LogP contribution in [0.4, 0.5) is 5.82 Å². The lowest BCUT2D eigenvalue weighted by Gasteiger charge is -2.15. The van der Waals surface area contributed by atoms with Crippen LogP contribution in [0.5, 0.6) is 0 Å². The maximum atomic E-state index is 4.35. The van der Waals surface area contributed by atoms with E-state index in [9.17, 15) is 0 Å². The Morgan fingerprint density at radius 3 is 2.76 bits per heavy atom. The summed E-state index contributed by atoms with van der Waals surface area (Å²) < 4.78 is 0. The van der Waals surface area contributed by atoms with Crippen molar-refractivity contribution >= 4 is 35.8 Å². The number of aliphatic imine (C=N–C) groups is 1. The van der Waals surface area contributed by atoms with Gasteiger partial charge < -0.3 is 15.5 Å². The molecule has 2 N–H and O–H groups in total. The number of halogens is 1. The average Bonchev–Trinajstić information content (AvgIpc) is 2.72. The van der Waals surface area contributed by atoms with E-state index in [2.05, 4.69) is 25.5 Å². The van der Waals surface area contributed by atoms with E-state index in [0.29, 0.717) is 0 Å². The lowest BCUT2D eigenvalue weighted by molar-refractivity contribution is 0.535. The molecule has 1 aliphatic rings. The van der Waals surface area contributed by atoms with Crippen molar-refractivity contribution in [1.82, 2.24) is 15.2 Å². The second kappa shape index (κ2) is 7.31. The van der Waals surface area contributed by atoms with Crippen molar-refractivity contribution in [3.63, 3.8) is 0 Å².